The highest BCUT2D eigenvalue weighted by molar-refractivity contribution is 5.68. The number of ether oxygens (including phenoxy) is 2. The lowest BCUT2D eigenvalue weighted by molar-refractivity contribution is -0.117. The number of carbonyl (C=O) groups is 1. The fourth-order valence-electron chi connectivity index (χ4n) is 2.67. The molecular weight excluding hydrogens is 242 g/mol. The number of hydrogen-bond acceptors (Lipinski definition) is 3. The summed E-state index contributed by atoms with van der Waals surface area (Å²) >= 11 is 0. The van der Waals surface area contributed by atoms with Gasteiger partial charge < -0.3 is 14.4 Å². The van der Waals surface area contributed by atoms with Crippen LogP contribution in [0.15, 0.2) is 0 Å². The van der Waals surface area contributed by atoms with Gasteiger partial charge >= 0.3 is 6.09 Å². The van der Waals surface area contributed by atoms with Gasteiger partial charge in [0, 0.05) is 6.54 Å². The molecule has 0 atom stereocenters. The molecule has 4 nitrogen and oxygen atoms in total. The minimum absolute atomic E-state index is 0.168. The summed E-state index contributed by atoms with van der Waals surface area (Å²) in [6.45, 7) is 11.9. The SMILES string of the molecule is CCCC1(CCC)CN(C(=O)OC(C)(C)C)CCO1. The molecule has 0 saturated carbocycles. The Morgan fingerprint density at radius 1 is 1.26 bits per heavy atom. The Labute approximate surface area is 117 Å². The maximum absolute atomic E-state index is 12.2. The van der Waals surface area contributed by atoms with Crippen molar-refractivity contribution in [3.05, 3.63) is 0 Å². The zero-order chi connectivity index (χ0) is 14.5. The first-order chi connectivity index (χ1) is 8.82. The summed E-state index contributed by atoms with van der Waals surface area (Å²) in [5.41, 5.74) is -0.605. The van der Waals surface area contributed by atoms with Gasteiger partial charge in [0.1, 0.15) is 5.60 Å². The van der Waals surface area contributed by atoms with Crippen molar-refractivity contribution in [3.8, 4) is 0 Å². The number of hydrogen-bond donors (Lipinski definition) is 0. The number of morpholine rings is 1. The second-order valence-corrected chi connectivity index (χ2v) is 6.43. The van der Waals surface area contributed by atoms with Gasteiger partial charge in [0.15, 0.2) is 0 Å². The van der Waals surface area contributed by atoms with E-state index in [1.54, 1.807) is 4.90 Å². The molecule has 1 aliphatic heterocycles. The van der Waals surface area contributed by atoms with Crippen molar-refractivity contribution < 1.29 is 14.3 Å². The number of nitrogens with zero attached hydrogens (tertiary/aromatic N) is 1. The summed E-state index contributed by atoms with van der Waals surface area (Å²) in [5.74, 6) is 0. The van der Waals surface area contributed by atoms with Crippen LogP contribution in [0.2, 0.25) is 0 Å². The van der Waals surface area contributed by atoms with Crippen LogP contribution in [0.1, 0.15) is 60.3 Å². The summed E-state index contributed by atoms with van der Waals surface area (Å²) < 4.78 is 11.5. The lowest BCUT2D eigenvalue weighted by Gasteiger charge is -2.43. The predicted molar refractivity (Wildman–Crippen MR) is 76.3 cm³/mol. The van der Waals surface area contributed by atoms with Crippen LogP contribution in [0.3, 0.4) is 0 Å². The van der Waals surface area contributed by atoms with Gasteiger partial charge in [-0.1, -0.05) is 26.7 Å². The summed E-state index contributed by atoms with van der Waals surface area (Å²) in [5, 5.41) is 0. The van der Waals surface area contributed by atoms with Crippen LogP contribution in [-0.4, -0.2) is 41.9 Å². The van der Waals surface area contributed by atoms with Crippen molar-refractivity contribution in [3.63, 3.8) is 0 Å². The third kappa shape index (κ3) is 5.01. The van der Waals surface area contributed by atoms with E-state index in [0.717, 1.165) is 25.7 Å². The Balaban J connectivity index is 2.68. The van der Waals surface area contributed by atoms with Crippen LogP contribution in [0.25, 0.3) is 0 Å². The van der Waals surface area contributed by atoms with Crippen molar-refractivity contribution in [2.75, 3.05) is 19.7 Å². The van der Waals surface area contributed by atoms with Crippen LogP contribution >= 0.6 is 0 Å². The largest absolute Gasteiger partial charge is 0.444 e. The molecule has 1 fully saturated rings. The summed E-state index contributed by atoms with van der Waals surface area (Å²) in [6.07, 6.45) is 3.93. The zero-order valence-corrected chi connectivity index (χ0v) is 13.1. The van der Waals surface area contributed by atoms with E-state index in [0.29, 0.717) is 19.7 Å². The number of amides is 1. The standard InChI is InChI=1S/C15H29NO3/c1-6-8-15(9-7-2)12-16(10-11-18-15)13(17)19-14(3,4)5/h6-12H2,1-5H3. The molecule has 1 rings (SSSR count). The van der Waals surface area contributed by atoms with E-state index in [4.69, 9.17) is 9.47 Å². The molecule has 1 aliphatic rings. The molecule has 0 unspecified atom stereocenters. The lowest BCUT2D eigenvalue weighted by Crippen LogP contribution is -2.54. The van der Waals surface area contributed by atoms with E-state index in [9.17, 15) is 4.79 Å². The first kappa shape index (κ1) is 16.3. The monoisotopic (exact) mass is 271 g/mol. The fraction of sp³-hybridized carbons (Fsp3) is 0.933. The molecule has 1 saturated heterocycles. The highest BCUT2D eigenvalue weighted by Crippen LogP contribution is 2.29. The quantitative estimate of drug-likeness (QED) is 0.784. The van der Waals surface area contributed by atoms with Crippen LogP contribution in [-0.2, 0) is 9.47 Å². The van der Waals surface area contributed by atoms with Crippen LogP contribution < -0.4 is 0 Å². The first-order valence-electron chi connectivity index (χ1n) is 7.44. The van der Waals surface area contributed by atoms with E-state index in [-0.39, 0.29) is 11.7 Å². The molecule has 4 heteroatoms. The summed E-state index contributed by atoms with van der Waals surface area (Å²) in [4.78, 5) is 14.0. The molecule has 1 heterocycles. The Kier molecular flexibility index (Phi) is 5.65. The van der Waals surface area contributed by atoms with Gasteiger partial charge in [0.2, 0.25) is 0 Å². The lowest BCUT2D eigenvalue weighted by atomic mass is 9.90. The van der Waals surface area contributed by atoms with Gasteiger partial charge in [0.05, 0.1) is 18.8 Å². The smallest absolute Gasteiger partial charge is 0.410 e. The van der Waals surface area contributed by atoms with Gasteiger partial charge in [-0.2, -0.15) is 0 Å². The van der Waals surface area contributed by atoms with Gasteiger partial charge in [-0.15, -0.1) is 0 Å². The Morgan fingerprint density at radius 3 is 2.32 bits per heavy atom. The van der Waals surface area contributed by atoms with Crippen molar-refractivity contribution in [2.45, 2.75) is 71.5 Å². The molecule has 1 amide bonds. The molecule has 0 aromatic heterocycles. The molecule has 0 spiro atoms. The predicted octanol–water partition coefficient (Wildman–Crippen LogP) is 3.59. The fourth-order valence-corrected chi connectivity index (χ4v) is 2.67. The van der Waals surface area contributed by atoms with Crippen molar-refractivity contribution in [1.82, 2.24) is 4.90 Å². The van der Waals surface area contributed by atoms with Gasteiger partial charge in [-0.05, 0) is 33.6 Å². The first-order valence-corrected chi connectivity index (χ1v) is 7.44. The molecule has 19 heavy (non-hydrogen) atoms. The van der Waals surface area contributed by atoms with Crippen molar-refractivity contribution in [2.24, 2.45) is 0 Å². The van der Waals surface area contributed by atoms with Crippen LogP contribution in [0, 0.1) is 0 Å². The van der Waals surface area contributed by atoms with Gasteiger partial charge in [0.25, 0.3) is 0 Å². The topological polar surface area (TPSA) is 38.8 Å². The third-order valence-corrected chi connectivity index (χ3v) is 3.31. The molecule has 0 aromatic rings. The average Bonchev–Trinajstić information content (AvgIpc) is 2.27. The van der Waals surface area contributed by atoms with Gasteiger partial charge in [-0.25, -0.2) is 4.79 Å². The average molecular weight is 271 g/mol. The minimum Gasteiger partial charge on any atom is -0.444 e. The Hall–Kier alpha value is -0.770. The summed E-state index contributed by atoms with van der Waals surface area (Å²) in [6, 6.07) is 0. The normalized spacial score (nSPS) is 19.3. The van der Waals surface area contributed by atoms with E-state index < -0.39 is 5.60 Å². The maximum Gasteiger partial charge on any atom is 0.410 e. The number of carbonyl (C=O) groups excluding carboxylic acids is 1. The molecule has 112 valence electrons. The Bertz CT molecular complexity index is 285. The Morgan fingerprint density at radius 2 is 1.84 bits per heavy atom. The second-order valence-electron chi connectivity index (χ2n) is 6.43. The van der Waals surface area contributed by atoms with Crippen LogP contribution in [0.4, 0.5) is 4.79 Å². The highest BCUT2D eigenvalue weighted by Gasteiger charge is 2.38. The highest BCUT2D eigenvalue weighted by atomic mass is 16.6. The van der Waals surface area contributed by atoms with Crippen molar-refractivity contribution >= 4 is 6.09 Å². The van der Waals surface area contributed by atoms with E-state index in [1.165, 1.54) is 0 Å². The second kappa shape index (κ2) is 6.60. The van der Waals surface area contributed by atoms with Crippen molar-refractivity contribution in [1.29, 1.82) is 0 Å². The molecule has 0 bridgehead atoms. The molecule has 0 aromatic carbocycles. The van der Waals surface area contributed by atoms with Crippen LogP contribution in [0.5, 0.6) is 0 Å². The molecule has 0 radical (unpaired) electrons. The van der Waals surface area contributed by atoms with E-state index >= 15 is 0 Å². The maximum atomic E-state index is 12.2. The zero-order valence-electron chi connectivity index (χ0n) is 13.1. The summed E-state index contributed by atoms with van der Waals surface area (Å²) in [7, 11) is 0. The molecule has 0 aliphatic carbocycles. The van der Waals surface area contributed by atoms with E-state index in [2.05, 4.69) is 13.8 Å². The third-order valence-electron chi connectivity index (χ3n) is 3.31. The molecular formula is C15H29NO3. The minimum atomic E-state index is -0.437. The van der Waals surface area contributed by atoms with Gasteiger partial charge in [-0.3, -0.25) is 0 Å². The number of rotatable bonds is 4. The molecule has 0 N–H and O–H groups in total. The van der Waals surface area contributed by atoms with E-state index in [1.807, 2.05) is 20.8 Å².